The molecule has 0 bridgehead atoms. The number of benzene rings is 1. The summed E-state index contributed by atoms with van der Waals surface area (Å²) in [4.78, 5) is 1.56. The summed E-state index contributed by atoms with van der Waals surface area (Å²) in [7, 11) is 0. The number of hydrogen-bond acceptors (Lipinski definition) is 1. The molecule has 1 atom stereocenters. The van der Waals surface area contributed by atoms with Gasteiger partial charge in [-0.05, 0) is 36.3 Å². The third-order valence-electron chi connectivity index (χ3n) is 4.59. The summed E-state index contributed by atoms with van der Waals surface area (Å²) in [6.07, 6.45) is 4.43. The summed E-state index contributed by atoms with van der Waals surface area (Å²) < 4.78 is 2.17. The van der Waals surface area contributed by atoms with Gasteiger partial charge in [0.2, 0.25) is 0 Å². The van der Waals surface area contributed by atoms with Crippen LogP contribution in [0.5, 0.6) is 0 Å². The number of aliphatic hydroxyl groups excluding tert-OH is 1. The molecule has 1 aromatic carbocycles. The molecule has 3 nitrogen and oxygen atoms in total. The van der Waals surface area contributed by atoms with E-state index in [-0.39, 0.29) is 6.10 Å². The average Bonchev–Trinajstić information content (AvgIpc) is 2.85. The van der Waals surface area contributed by atoms with Crippen molar-refractivity contribution in [2.24, 2.45) is 5.92 Å². The molecule has 1 fully saturated rings. The van der Waals surface area contributed by atoms with Crippen LogP contribution in [0.15, 0.2) is 36.5 Å². The Hall–Kier alpha value is -1.32. The standard InChI is InChI=1S/C17H24N2O/c1-14-6-9-18(10-7-14)12-16(20)13-19-11-8-15-4-2-3-5-17(15)19/h2-5,8,11,14,16,20H,6-7,9-10,12-13H2,1H3/p+1/t16-/m1/s1. The number of nitrogens with zero attached hydrogens (tertiary/aromatic N) is 1. The van der Waals surface area contributed by atoms with Crippen molar-refractivity contribution >= 4 is 10.9 Å². The molecule has 1 aliphatic heterocycles. The third kappa shape index (κ3) is 3.05. The number of quaternary nitrogens is 1. The Balaban J connectivity index is 1.60. The number of para-hydroxylation sites is 1. The maximum Gasteiger partial charge on any atom is 0.121 e. The zero-order valence-corrected chi connectivity index (χ0v) is 12.3. The molecule has 1 aliphatic rings. The lowest BCUT2D eigenvalue weighted by Crippen LogP contribution is -3.14. The number of piperidine rings is 1. The molecule has 1 aromatic heterocycles. The van der Waals surface area contributed by atoms with Crippen LogP contribution in [-0.2, 0) is 6.54 Å². The lowest BCUT2D eigenvalue weighted by atomic mass is 9.99. The second-order valence-electron chi connectivity index (χ2n) is 6.32. The van der Waals surface area contributed by atoms with Gasteiger partial charge < -0.3 is 14.6 Å². The minimum Gasteiger partial charge on any atom is -0.385 e. The molecule has 0 spiro atoms. The van der Waals surface area contributed by atoms with E-state index < -0.39 is 0 Å². The minimum atomic E-state index is -0.255. The summed E-state index contributed by atoms with van der Waals surface area (Å²) in [5.74, 6) is 0.865. The van der Waals surface area contributed by atoms with Crippen LogP contribution in [0.1, 0.15) is 19.8 Å². The van der Waals surface area contributed by atoms with Crippen molar-refractivity contribution in [2.75, 3.05) is 19.6 Å². The highest BCUT2D eigenvalue weighted by Gasteiger charge is 2.21. The highest BCUT2D eigenvalue weighted by Crippen LogP contribution is 2.15. The number of nitrogens with one attached hydrogen (secondary N) is 1. The maximum absolute atomic E-state index is 10.4. The van der Waals surface area contributed by atoms with E-state index in [1.54, 1.807) is 4.90 Å². The summed E-state index contributed by atoms with van der Waals surface area (Å²) in [6.45, 7) is 6.33. The average molecular weight is 273 g/mol. The van der Waals surface area contributed by atoms with Gasteiger partial charge in [0.05, 0.1) is 19.6 Å². The van der Waals surface area contributed by atoms with E-state index in [9.17, 15) is 5.11 Å². The SMILES string of the molecule is CC1CC[NH+](C[C@@H](O)Cn2ccc3ccccc32)CC1. The van der Waals surface area contributed by atoms with Crippen molar-refractivity contribution in [3.8, 4) is 0 Å². The number of aliphatic hydroxyl groups is 1. The molecule has 0 amide bonds. The van der Waals surface area contributed by atoms with E-state index in [0.29, 0.717) is 6.54 Å². The lowest BCUT2D eigenvalue weighted by molar-refractivity contribution is -0.909. The molecule has 3 heteroatoms. The fourth-order valence-corrected chi connectivity index (χ4v) is 3.30. The third-order valence-corrected chi connectivity index (χ3v) is 4.59. The summed E-state index contributed by atoms with van der Waals surface area (Å²) >= 11 is 0. The Morgan fingerprint density at radius 1 is 1.25 bits per heavy atom. The topological polar surface area (TPSA) is 29.6 Å². The van der Waals surface area contributed by atoms with Crippen molar-refractivity contribution in [3.05, 3.63) is 36.5 Å². The Morgan fingerprint density at radius 2 is 2.00 bits per heavy atom. The number of rotatable bonds is 4. The van der Waals surface area contributed by atoms with Gasteiger partial charge >= 0.3 is 0 Å². The van der Waals surface area contributed by atoms with Crippen LogP contribution in [0.2, 0.25) is 0 Å². The first-order chi connectivity index (χ1) is 9.72. The molecule has 0 radical (unpaired) electrons. The van der Waals surface area contributed by atoms with Crippen LogP contribution >= 0.6 is 0 Å². The normalized spacial score (nSPS) is 24.9. The molecule has 2 aromatic rings. The van der Waals surface area contributed by atoms with Gasteiger partial charge in [-0.2, -0.15) is 0 Å². The van der Waals surface area contributed by atoms with Gasteiger partial charge in [0, 0.05) is 11.7 Å². The van der Waals surface area contributed by atoms with Crippen LogP contribution in [0.4, 0.5) is 0 Å². The second-order valence-corrected chi connectivity index (χ2v) is 6.32. The Bertz CT molecular complexity index is 555. The van der Waals surface area contributed by atoms with Crippen LogP contribution in [-0.4, -0.2) is 35.4 Å². The monoisotopic (exact) mass is 273 g/mol. The summed E-state index contributed by atoms with van der Waals surface area (Å²) in [6, 6.07) is 10.5. The number of hydrogen-bond donors (Lipinski definition) is 2. The van der Waals surface area contributed by atoms with Crippen molar-refractivity contribution < 1.29 is 10.0 Å². The molecule has 0 aliphatic carbocycles. The number of aromatic nitrogens is 1. The van der Waals surface area contributed by atoms with Gasteiger partial charge in [-0.3, -0.25) is 0 Å². The van der Waals surface area contributed by atoms with E-state index in [1.165, 1.54) is 36.8 Å². The summed E-state index contributed by atoms with van der Waals surface area (Å²) in [5, 5.41) is 11.6. The summed E-state index contributed by atoms with van der Waals surface area (Å²) in [5.41, 5.74) is 1.22. The Labute approximate surface area is 120 Å². The van der Waals surface area contributed by atoms with Gasteiger partial charge in [0.15, 0.2) is 0 Å². The van der Waals surface area contributed by atoms with E-state index in [0.717, 1.165) is 12.5 Å². The van der Waals surface area contributed by atoms with Crippen LogP contribution < -0.4 is 4.90 Å². The molecular weight excluding hydrogens is 248 g/mol. The van der Waals surface area contributed by atoms with Gasteiger partial charge in [-0.15, -0.1) is 0 Å². The molecule has 0 unspecified atom stereocenters. The highest BCUT2D eigenvalue weighted by atomic mass is 16.3. The predicted molar refractivity (Wildman–Crippen MR) is 81.9 cm³/mol. The van der Waals surface area contributed by atoms with Crippen molar-refractivity contribution in [3.63, 3.8) is 0 Å². The Morgan fingerprint density at radius 3 is 2.80 bits per heavy atom. The fourth-order valence-electron chi connectivity index (χ4n) is 3.30. The first kappa shape index (κ1) is 13.7. The molecule has 108 valence electrons. The molecule has 1 saturated heterocycles. The lowest BCUT2D eigenvalue weighted by Gasteiger charge is -2.29. The number of likely N-dealkylation sites (tertiary alicyclic amines) is 1. The van der Waals surface area contributed by atoms with Gasteiger partial charge in [-0.25, -0.2) is 0 Å². The van der Waals surface area contributed by atoms with Gasteiger partial charge in [0.1, 0.15) is 12.6 Å². The smallest absolute Gasteiger partial charge is 0.121 e. The first-order valence-corrected chi connectivity index (χ1v) is 7.78. The number of fused-ring (bicyclic) bond motifs is 1. The largest absolute Gasteiger partial charge is 0.385 e. The van der Waals surface area contributed by atoms with Crippen LogP contribution in [0.3, 0.4) is 0 Å². The van der Waals surface area contributed by atoms with Crippen molar-refractivity contribution in [1.82, 2.24) is 4.57 Å². The zero-order chi connectivity index (χ0) is 13.9. The van der Waals surface area contributed by atoms with E-state index in [2.05, 4.69) is 48.0 Å². The van der Waals surface area contributed by atoms with Crippen molar-refractivity contribution in [1.29, 1.82) is 0 Å². The quantitative estimate of drug-likeness (QED) is 0.864. The molecule has 20 heavy (non-hydrogen) atoms. The van der Waals surface area contributed by atoms with Crippen LogP contribution in [0, 0.1) is 5.92 Å². The Kier molecular flexibility index (Phi) is 4.08. The van der Waals surface area contributed by atoms with E-state index in [4.69, 9.17) is 0 Å². The predicted octanol–water partition coefficient (Wildman–Crippen LogP) is 1.32. The fraction of sp³-hybridized carbons (Fsp3) is 0.529. The van der Waals surface area contributed by atoms with Crippen LogP contribution in [0.25, 0.3) is 10.9 Å². The van der Waals surface area contributed by atoms with E-state index in [1.807, 2.05) is 0 Å². The zero-order valence-electron chi connectivity index (χ0n) is 12.3. The second kappa shape index (κ2) is 5.98. The first-order valence-electron chi connectivity index (χ1n) is 7.78. The molecular formula is C17H25N2O+. The van der Waals surface area contributed by atoms with Gasteiger partial charge in [-0.1, -0.05) is 25.1 Å². The molecule has 0 saturated carbocycles. The minimum absolute atomic E-state index is 0.255. The molecule has 2 heterocycles. The molecule has 2 N–H and O–H groups in total. The maximum atomic E-state index is 10.4. The van der Waals surface area contributed by atoms with Crippen molar-refractivity contribution in [2.45, 2.75) is 32.4 Å². The van der Waals surface area contributed by atoms with E-state index >= 15 is 0 Å². The molecule has 3 rings (SSSR count). The van der Waals surface area contributed by atoms with Gasteiger partial charge in [0.25, 0.3) is 0 Å². The highest BCUT2D eigenvalue weighted by molar-refractivity contribution is 5.79.